The predicted molar refractivity (Wildman–Crippen MR) is 117 cm³/mol. The Morgan fingerprint density at radius 3 is 2.48 bits per heavy atom. The highest BCUT2D eigenvalue weighted by molar-refractivity contribution is 14.0. The van der Waals surface area contributed by atoms with Gasteiger partial charge in [-0.25, -0.2) is 4.98 Å². The molecule has 0 radical (unpaired) electrons. The Morgan fingerprint density at radius 2 is 1.92 bits per heavy atom. The third-order valence-corrected chi connectivity index (χ3v) is 4.83. The lowest BCUT2D eigenvalue weighted by Gasteiger charge is -2.21. The number of aliphatic imine (C=N–C) groups is 1. The molecule has 0 atom stereocenters. The SMILES string of the molecule is CN=C(NCc1nc(C)c(C)s1)N(C)CCOc1ccc(C)cc1.I. The van der Waals surface area contributed by atoms with Crippen molar-refractivity contribution in [1.29, 1.82) is 0 Å². The highest BCUT2D eigenvalue weighted by atomic mass is 127. The summed E-state index contributed by atoms with van der Waals surface area (Å²) in [6.45, 7) is 8.26. The molecule has 2 aromatic rings. The Hall–Kier alpha value is -1.35. The monoisotopic (exact) mass is 474 g/mol. The van der Waals surface area contributed by atoms with Gasteiger partial charge in [0.05, 0.1) is 18.8 Å². The van der Waals surface area contributed by atoms with E-state index in [0.29, 0.717) is 13.2 Å². The number of ether oxygens (including phenoxy) is 1. The van der Waals surface area contributed by atoms with Gasteiger partial charge in [-0.05, 0) is 32.9 Å². The van der Waals surface area contributed by atoms with Crippen LogP contribution < -0.4 is 10.1 Å². The van der Waals surface area contributed by atoms with E-state index in [0.717, 1.165) is 29.0 Å². The quantitative estimate of drug-likeness (QED) is 0.394. The molecular formula is C18H27IN4OS. The summed E-state index contributed by atoms with van der Waals surface area (Å²) in [6, 6.07) is 8.10. The predicted octanol–water partition coefficient (Wildman–Crippen LogP) is 3.77. The van der Waals surface area contributed by atoms with Gasteiger partial charge in [0, 0.05) is 19.0 Å². The van der Waals surface area contributed by atoms with E-state index in [4.69, 9.17) is 4.74 Å². The maximum Gasteiger partial charge on any atom is 0.193 e. The number of hydrogen-bond acceptors (Lipinski definition) is 4. The number of benzene rings is 1. The van der Waals surface area contributed by atoms with E-state index in [-0.39, 0.29) is 24.0 Å². The van der Waals surface area contributed by atoms with Gasteiger partial charge in [0.2, 0.25) is 0 Å². The molecule has 0 saturated carbocycles. The highest BCUT2D eigenvalue weighted by Crippen LogP contribution is 2.16. The van der Waals surface area contributed by atoms with Crippen molar-refractivity contribution in [3.8, 4) is 5.75 Å². The first-order valence-corrected chi connectivity index (χ1v) is 8.85. The number of aryl methyl sites for hydroxylation is 3. The van der Waals surface area contributed by atoms with Gasteiger partial charge in [-0.3, -0.25) is 4.99 Å². The molecule has 0 unspecified atom stereocenters. The average Bonchev–Trinajstić information content (AvgIpc) is 2.88. The summed E-state index contributed by atoms with van der Waals surface area (Å²) >= 11 is 1.72. The smallest absolute Gasteiger partial charge is 0.193 e. The number of aromatic nitrogens is 1. The minimum absolute atomic E-state index is 0. The lowest BCUT2D eigenvalue weighted by atomic mass is 10.2. The van der Waals surface area contributed by atoms with Crippen LogP contribution in [0.25, 0.3) is 0 Å². The van der Waals surface area contributed by atoms with Gasteiger partial charge >= 0.3 is 0 Å². The van der Waals surface area contributed by atoms with E-state index >= 15 is 0 Å². The molecule has 0 saturated heterocycles. The number of halogens is 1. The molecule has 0 fully saturated rings. The van der Waals surface area contributed by atoms with Gasteiger partial charge in [-0.2, -0.15) is 0 Å². The normalized spacial score (nSPS) is 11.0. The van der Waals surface area contributed by atoms with E-state index in [2.05, 4.69) is 46.2 Å². The number of nitrogens with zero attached hydrogens (tertiary/aromatic N) is 3. The van der Waals surface area contributed by atoms with Crippen molar-refractivity contribution in [2.24, 2.45) is 4.99 Å². The molecule has 25 heavy (non-hydrogen) atoms. The third-order valence-electron chi connectivity index (χ3n) is 3.76. The zero-order chi connectivity index (χ0) is 17.5. The zero-order valence-electron chi connectivity index (χ0n) is 15.5. The lowest BCUT2D eigenvalue weighted by molar-refractivity contribution is 0.281. The molecule has 5 nitrogen and oxygen atoms in total. The number of guanidine groups is 1. The van der Waals surface area contributed by atoms with E-state index in [1.165, 1.54) is 10.4 Å². The summed E-state index contributed by atoms with van der Waals surface area (Å²) < 4.78 is 5.77. The lowest BCUT2D eigenvalue weighted by Crippen LogP contribution is -2.40. The molecule has 1 N–H and O–H groups in total. The van der Waals surface area contributed by atoms with Crippen LogP contribution in [0.15, 0.2) is 29.3 Å². The number of likely N-dealkylation sites (N-methyl/N-ethyl adjacent to an activating group) is 1. The summed E-state index contributed by atoms with van der Waals surface area (Å²) in [4.78, 5) is 12.2. The van der Waals surface area contributed by atoms with Crippen LogP contribution in [0.5, 0.6) is 5.75 Å². The number of thiazole rings is 1. The van der Waals surface area contributed by atoms with Crippen LogP contribution in [0.2, 0.25) is 0 Å². The molecule has 0 amide bonds. The summed E-state index contributed by atoms with van der Waals surface area (Å²) in [5, 5.41) is 4.43. The van der Waals surface area contributed by atoms with Gasteiger partial charge in [-0.15, -0.1) is 35.3 Å². The van der Waals surface area contributed by atoms with Crippen molar-refractivity contribution in [1.82, 2.24) is 15.2 Å². The molecule has 0 aliphatic heterocycles. The molecule has 0 spiro atoms. The van der Waals surface area contributed by atoms with Crippen LogP contribution in [-0.4, -0.2) is 43.1 Å². The van der Waals surface area contributed by atoms with Crippen molar-refractivity contribution in [2.75, 3.05) is 27.2 Å². The summed E-state index contributed by atoms with van der Waals surface area (Å²) in [5.41, 5.74) is 2.34. The Labute approximate surface area is 171 Å². The fourth-order valence-electron chi connectivity index (χ4n) is 2.19. The number of hydrogen-bond donors (Lipinski definition) is 1. The minimum Gasteiger partial charge on any atom is -0.492 e. The number of rotatable bonds is 6. The maximum absolute atomic E-state index is 5.77. The first kappa shape index (κ1) is 21.7. The second-order valence-electron chi connectivity index (χ2n) is 5.73. The minimum atomic E-state index is 0. The first-order valence-electron chi connectivity index (χ1n) is 8.03. The van der Waals surface area contributed by atoms with Gasteiger partial charge in [-0.1, -0.05) is 17.7 Å². The molecule has 1 heterocycles. The zero-order valence-corrected chi connectivity index (χ0v) is 18.6. The average molecular weight is 474 g/mol. The van der Waals surface area contributed by atoms with Crippen LogP contribution in [0.3, 0.4) is 0 Å². The van der Waals surface area contributed by atoms with Crippen molar-refractivity contribution in [2.45, 2.75) is 27.3 Å². The summed E-state index contributed by atoms with van der Waals surface area (Å²) in [7, 11) is 3.80. The van der Waals surface area contributed by atoms with Crippen LogP contribution in [0.4, 0.5) is 0 Å². The Balaban J connectivity index is 0.00000312. The molecule has 7 heteroatoms. The van der Waals surface area contributed by atoms with Crippen LogP contribution in [-0.2, 0) is 6.54 Å². The van der Waals surface area contributed by atoms with Gasteiger partial charge in [0.25, 0.3) is 0 Å². The largest absolute Gasteiger partial charge is 0.492 e. The summed E-state index contributed by atoms with van der Waals surface area (Å²) in [6.07, 6.45) is 0. The summed E-state index contributed by atoms with van der Waals surface area (Å²) in [5.74, 6) is 1.73. The molecular weight excluding hydrogens is 447 g/mol. The Morgan fingerprint density at radius 1 is 1.24 bits per heavy atom. The van der Waals surface area contributed by atoms with Crippen molar-refractivity contribution in [3.05, 3.63) is 45.4 Å². The van der Waals surface area contributed by atoms with Crippen molar-refractivity contribution in [3.63, 3.8) is 0 Å². The topological polar surface area (TPSA) is 49.8 Å². The second kappa shape index (κ2) is 10.6. The van der Waals surface area contributed by atoms with Crippen LogP contribution in [0, 0.1) is 20.8 Å². The molecule has 0 aliphatic rings. The van der Waals surface area contributed by atoms with Gasteiger partial charge < -0.3 is 15.0 Å². The molecule has 138 valence electrons. The Kier molecular flexibility index (Phi) is 9.20. The number of nitrogens with one attached hydrogen (secondary N) is 1. The van der Waals surface area contributed by atoms with E-state index in [1.807, 2.05) is 26.1 Å². The van der Waals surface area contributed by atoms with Crippen LogP contribution in [0.1, 0.15) is 21.1 Å². The molecule has 1 aromatic carbocycles. The first-order chi connectivity index (χ1) is 11.5. The molecule has 2 rings (SSSR count). The second-order valence-corrected chi connectivity index (χ2v) is 7.02. The van der Waals surface area contributed by atoms with Crippen LogP contribution >= 0.6 is 35.3 Å². The van der Waals surface area contributed by atoms with E-state index in [1.54, 1.807) is 18.4 Å². The highest BCUT2D eigenvalue weighted by Gasteiger charge is 2.08. The van der Waals surface area contributed by atoms with Crippen molar-refractivity contribution >= 4 is 41.3 Å². The Bertz CT molecular complexity index is 665. The maximum atomic E-state index is 5.77. The van der Waals surface area contributed by atoms with Crippen molar-refractivity contribution < 1.29 is 4.74 Å². The van der Waals surface area contributed by atoms with E-state index < -0.39 is 0 Å². The fourth-order valence-corrected chi connectivity index (χ4v) is 3.07. The molecule has 0 bridgehead atoms. The van der Waals surface area contributed by atoms with Gasteiger partial charge in [0.1, 0.15) is 17.4 Å². The van der Waals surface area contributed by atoms with Gasteiger partial charge in [0.15, 0.2) is 5.96 Å². The molecule has 0 aliphatic carbocycles. The van der Waals surface area contributed by atoms with E-state index in [9.17, 15) is 0 Å². The molecule has 1 aromatic heterocycles. The standard InChI is InChI=1S/C18H26N4OS.HI/c1-13-6-8-16(9-7-13)23-11-10-22(5)18(19-4)20-12-17-21-14(2)15(3)24-17;/h6-9H,10-12H2,1-5H3,(H,19,20);1H. The fraction of sp³-hybridized carbons (Fsp3) is 0.444. The third kappa shape index (κ3) is 6.81.